The molecule has 0 saturated carbocycles. The van der Waals surface area contributed by atoms with Gasteiger partial charge in [-0.2, -0.15) is 0 Å². The summed E-state index contributed by atoms with van der Waals surface area (Å²) >= 11 is 0. The lowest BCUT2D eigenvalue weighted by molar-refractivity contribution is 0.955. The Morgan fingerprint density at radius 2 is 1.62 bits per heavy atom. The van der Waals surface area contributed by atoms with Gasteiger partial charge in [-0.05, 0) is 29.8 Å². The Kier molecular flexibility index (Phi) is 5.53. The molecule has 2 nitrogen and oxygen atoms in total. The molecule has 0 spiro atoms. The largest absolute Gasteiger partial charge is 0.364 e. The molecule has 1 aromatic carbocycles. The number of hydrogen-bond acceptors (Lipinski definition) is 2. The van der Waals surface area contributed by atoms with E-state index in [0.29, 0.717) is 0 Å². The summed E-state index contributed by atoms with van der Waals surface area (Å²) < 4.78 is 0. The average molecular weight is 276 g/mol. The van der Waals surface area contributed by atoms with E-state index in [1.165, 1.54) is 5.69 Å². The van der Waals surface area contributed by atoms with Gasteiger partial charge in [0.15, 0.2) is 0 Å². The number of pyridine rings is 1. The van der Waals surface area contributed by atoms with E-state index in [2.05, 4.69) is 41.3 Å². The molecule has 0 N–H and O–H groups in total. The summed E-state index contributed by atoms with van der Waals surface area (Å²) in [6.07, 6.45) is 9.73. The van der Waals surface area contributed by atoms with Crippen molar-refractivity contribution in [3.8, 4) is 0 Å². The van der Waals surface area contributed by atoms with E-state index in [-0.39, 0.29) is 0 Å². The fraction of sp³-hybridized carbons (Fsp3) is 0.105. The van der Waals surface area contributed by atoms with Crippen molar-refractivity contribution in [3.63, 3.8) is 0 Å². The number of rotatable bonds is 7. The lowest BCUT2D eigenvalue weighted by Crippen LogP contribution is -2.23. The minimum absolute atomic E-state index is 0.792. The topological polar surface area (TPSA) is 16.1 Å². The highest BCUT2D eigenvalue weighted by Gasteiger charge is 2.06. The molecule has 1 heterocycles. The number of hydrogen-bond donors (Lipinski definition) is 0. The first-order valence-corrected chi connectivity index (χ1v) is 7.00. The van der Waals surface area contributed by atoms with Crippen molar-refractivity contribution in [1.82, 2.24) is 4.98 Å². The van der Waals surface area contributed by atoms with Crippen LogP contribution in [0.2, 0.25) is 0 Å². The normalized spacial score (nSPS) is 10.5. The van der Waals surface area contributed by atoms with Gasteiger partial charge < -0.3 is 4.90 Å². The van der Waals surface area contributed by atoms with Crippen LogP contribution in [0.1, 0.15) is 11.3 Å². The molecule has 0 aliphatic heterocycles. The second-order valence-electron chi connectivity index (χ2n) is 4.63. The lowest BCUT2D eigenvalue weighted by Gasteiger charge is -2.23. The Morgan fingerprint density at radius 1 is 0.905 bits per heavy atom. The minimum atomic E-state index is 0.792. The Hall–Kier alpha value is -2.61. The van der Waals surface area contributed by atoms with Crippen molar-refractivity contribution in [1.29, 1.82) is 0 Å². The van der Waals surface area contributed by atoms with Crippen LogP contribution in [-0.2, 0) is 0 Å². The Morgan fingerprint density at radius 3 is 2.29 bits per heavy atom. The molecule has 0 amide bonds. The fourth-order valence-corrected chi connectivity index (χ4v) is 2.15. The molecule has 0 radical (unpaired) electrons. The van der Waals surface area contributed by atoms with Crippen molar-refractivity contribution >= 4 is 17.8 Å². The first kappa shape index (κ1) is 14.8. The fourth-order valence-electron chi connectivity index (χ4n) is 2.15. The van der Waals surface area contributed by atoms with Gasteiger partial charge in [-0.3, -0.25) is 4.98 Å². The molecule has 106 valence electrons. The van der Waals surface area contributed by atoms with Gasteiger partial charge in [0.1, 0.15) is 0 Å². The summed E-state index contributed by atoms with van der Waals surface area (Å²) in [5.41, 5.74) is 3.28. The molecule has 2 aromatic rings. The molecule has 0 bridgehead atoms. The van der Waals surface area contributed by atoms with E-state index < -0.39 is 0 Å². The van der Waals surface area contributed by atoms with Crippen LogP contribution in [0.4, 0.5) is 5.69 Å². The van der Waals surface area contributed by atoms with Gasteiger partial charge in [-0.15, -0.1) is 13.2 Å². The molecule has 1 aromatic heterocycles. The lowest BCUT2D eigenvalue weighted by atomic mass is 10.1. The maximum atomic E-state index is 4.31. The van der Waals surface area contributed by atoms with Gasteiger partial charge in [0, 0.05) is 25.0 Å². The summed E-state index contributed by atoms with van der Waals surface area (Å²) in [7, 11) is 0. The van der Waals surface area contributed by atoms with E-state index in [1.54, 1.807) is 6.20 Å². The summed E-state index contributed by atoms with van der Waals surface area (Å²) in [5, 5.41) is 0. The molecule has 0 aliphatic rings. The van der Waals surface area contributed by atoms with Crippen LogP contribution in [0, 0.1) is 0 Å². The van der Waals surface area contributed by atoms with Crippen molar-refractivity contribution in [3.05, 3.63) is 85.2 Å². The predicted octanol–water partition coefficient (Wildman–Crippen LogP) is 4.43. The van der Waals surface area contributed by atoms with Gasteiger partial charge in [-0.25, -0.2) is 0 Å². The standard InChI is InChI=1S/C19H20N2/c1-3-15-21(16-4-2)19-11-6-5-9-17(19)12-13-18-10-7-8-14-20-18/h3-14H,1-2,15-16H2/b13-12+. The molecule has 21 heavy (non-hydrogen) atoms. The molecule has 0 saturated heterocycles. The zero-order chi connectivity index (χ0) is 14.9. The SMILES string of the molecule is C=CCN(CC=C)c1ccccc1/C=C/c1ccccn1. The number of aromatic nitrogens is 1. The molecule has 0 unspecified atom stereocenters. The summed E-state index contributed by atoms with van der Waals surface area (Å²) in [4.78, 5) is 6.54. The first-order valence-electron chi connectivity index (χ1n) is 7.00. The second kappa shape index (κ2) is 7.85. The van der Waals surface area contributed by atoms with Gasteiger partial charge in [0.25, 0.3) is 0 Å². The number of anilines is 1. The van der Waals surface area contributed by atoms with Gasteiger partial charge in [0.2, 0.25) is 0 Å². The number of nitrogens with zero attached hydrogens (tertiary/aromatic N) is 2. The van der Waals surface area contributed by atoms with Crippen LogP contribution in [0.25, 0.3) is 12.2 Å². The molecule has 0 aliphatic carbocycles. The monoisotopic (exact) mass is 276 g/mol. The zero-order valence-corrected chi connectivity index (χ0v) is 12.2. The Labute approximate surface area is 126 Å². The van der Waals surface area contributed by atoms with Crippen LogP contribution in [0.5, 0.6) is 0 Å². The maximum Gasteiger partial charge on any atom is 0.0629 e. The van der Waals surface area contributed by atoms with Crippen LogP contribution in [-0.4, -0.2) is 18.1 Å². The smallest absolute Gasteiger partial charge is 0.0629 e. The van der Waals surface area contributed by atoms with Crippen molar-refractivity contribution in [2.75, 3.05) is 18.0 Å². The quantitative estimate of drug-likeness (QED) is 0.695. The van der Waals surface area contributed by atoms with E-state index in [9.17, 15) is 0 Å². The van der Waals surface area contributed by atoms with Gasteiger partial charge in [0.05, 0.1) is 5.69 Å². The summed E-state index contributed by atoms with van der Waals surface area (Å²) in [6, 6.07) is 14.2. The molecule has 0 atom stereocenters. The molecular formula is C19H20N2. The summed E-state index contributed by atoms with van der Waals surface area (Å²) in [5.74, 6) is 0. The van der Waals surface area contributed by atoms with Crippen molar-refractivity contribution < 1.29 is 0 Å². The highest BCUT2D eigenvalue weighted by molar-refractivity contribution is 5.76. The Bertz CT molecular complexity index is 604. The van der Waals surface area contributed by atoms with E-state index in [1.807, 2.05) is 48.6 Å². The summed E-state index contributed by atoms with van der Waals surface area (Å²) in [6.45, 7) is 9.24. The molecular weight excluding hydrogens is 256 g/mol. The van der Waals surface area contributed by atoms with E-state index >= 15 is 0 Å². The van der Waals surface area contributed by atoms with Crippen LogP contribution in [0.15, 0.2) is 74.0 Å². The van der Waals surface area contributed by atoms with Crippen LogP contribution in [0.3, 0.4) is 0 Å². The molecule has 2 rings (SSSR count). The van der Waals surface area contributed by atoms with Crippen molar-refractivity contribution in [2.45, 2.75) is 0 Å². The second-order valence-corrected chi connectivity index (χ2v) is 4.63. The van der Waals surface area contributed by atoms with E-state index in [4.69, 9.17) is 0 Å². The first-order chi connectivity index (χ1) is 10.3. The highest BCUT2D eigenvalue weighted by atomic mass is 15.1. The highest BCUT2D eigenvalue weighted by Crippen LogP contribution is 2.22. The minimum Gasteiger partial charge on any atom is -0.364 e. The number of para-hydroxylation sites is 1. The Balaban J connectivity index is 2.29. The van der Waals surface area contributed by atoms with Crippen LogP contribution >= 0.6 is 0 Å². The predicted molar refractivity (Wildman–Crippen MR) is 92.2 cm³/mol. The third-order valence-corrected chi connectivity index (χ3v) is 3.10. The number of benzene rings is 1. The van der Waals surface area contributed by atoms with Crippen LogP contribution < -0.4 is 4.90 Å². The van der Waals surface area contributed by atoms with E-state index in [0.717, 1.165) is 24.3 Å². The molecule has 2 heteroatoms. The van der Waals surface area contributed by atoms with Crippen molar-refractivity contribution in [2.24, 2.45) is 0 Å². The molecule has 0 fully saturated rings. The third kappa shape index (κ3) is 4.18. The zero-order valence-electron chi connectivity index (χ0n) is 12.2. The van der Waals surface area contributed by atoms with Gasteiger partial charge >= 0.3 is 0 Å². The average Bonchev–Trinajstić information content (AvgIpc) is 2.54. The van der Waals surface area contributed by atoms with Gasteiger partial charge in [-0.1, -0.05) is 42.5 Å². The third-order valence-electron chi connectivity index (χ3n) is 3.10. The maximum absolute atomic E-state index is 4.31.